The van der Waals surface area contributed by atoms with Crippen molar-refractivity contribution in [3.05, 3.63) is 36.2 Å². The van der Waals surface area contributed by atoms with E-state index >= 15 is 0 Å². The maximum absolute atomic E-state index is 12.4. The molecule has 7 heteroatoms. The molecule has 0 aliphatic rings. The van der Waals surface area contributed by atoms with Crippen LogP contribution < -0.4 is 24.8 Å². The molecule has 2 N–H and O–H groups in total. The predicted octanol–water partition coefficient (Wildman–Crippen LogP) is 3.43. The number of anilines is 2. The van der Waals surface area contributed by atoms with Crippen molar-refractivity contribution in [3.8, 4) is 17.2 Å². The normalized spacial score (nSPS) is 10.4. The number of ether oxygens (including phenoxy) is 3. The predicted molar refractivity (Wildman–Crippen MR) is 102 cm³/mol. The molecule has 7 nitrogen and oxygen atoms in total. The molecule has 1 aromatic heterocycles. The van der Waals surface area contributed by atoms with Crippen LogP contribution in [0.15, 0.2) is 30.5 Å². The summed E-state index contributed by atoms with van der Waals surface area (Å²) in [6, 6.07) is 6.84. The summed E-state index contributed by atoms with van der Waals surface area (Å²) in [6.07, 6.45) is 1.65. The zero-order valence-corrected chi connectivity index (χ0v) is 15.8. The molecule has 0 spiro atoms. The summed E-state index contributed by atoms with van der Waals surface area (Å²) in [6.45, 7) is 5.10. The second kappa shape index (κ2) is 8.94. The number of aromatic nitrogens is 1. The molecule has 0 saturated carbocycles. The number of methoxy groups -OCH3 is 3. The zero-order chi connectivity index (χ0) is 19.1. The van der Waals surface area contributed by atoms with Gasteiger partial charge in [0.15, 0.2) is 11.5 Å². The molecular formula is C19H25N3O4. The molecule has 0 atom stereocenters. The minimum atomic E-state index is -0.324. The number of amides is 1. The van der Waals surface area contributed by atoms with E-state index < -0.39 is 0 Å². The third-order valence-electron chi connectivity index (χ3n) is 3.63. The van der Waals surface area contributed by atoms with Crippen LogP contribution in [0.1, 0.15) is 24.3 Å². The fourth-order valence-electron chi connectivity index (χ4n) is 2.30. The summed E-state index contributed by atoms with van der Waals surface area (Å²) in [5, 5.41) is 6.05. The van der Waals surface area contributed by atoms with Gasteiger partial charge in [-0.3, -0.25) is 4.79 Å². The van der Waals surface area contributed by atoms with E-state index in [1.807, 2.05) is 6.07 Å². The number of rotatable bonds is 8. The fraction of sp³-hybridized carbons (Fsp3) is 0.368. The highest BCUT2D eigenvalue weighted by molar-refractivity contribution is 6.03. The first-order valence-corrected chi connectivity index (χ1v) is 8.29. The summed E-state index contributed by atoms with van der Waals surface area (Å²) in [4.78, 5) is 16.6. The highest BCUT2D eigenvalue weighted by Gasteiger charge is 2.15. The number of hydrogen-bond donors (Lipinski definition) is 2. The van der Waals surface area contributed by atoms with Crippen LogP contribution in [0.3, 0.4) is 0 Å². The van der Waals surface area contributed by atoms with Gasteiger partial charge in [0.05, 0.1) is 33.2 Å². The molecule has 0 aliphatic carbocycles. The van der Waals surface area contributed by atoms with Gasteiger partial charge in [-0.15, -0.1) is 0 Å². The molecule has 0 unspecified atom stereocenters. The second-order valence-corrected chi connectivity index (χ2v) is 6.08. The monoisotopic (exact) mass is 359 g/mol. The average molecular weight is 359 g/mol. The number of benzene rings is 1. The van der Waals surface area contributed by atoms with E-state index in [9.17, 15) is 4.79 Å². The van der Waals surface area contributed by atoms with Gasteiger partial charge in [-0.05, 0) is 18.1 Å². The second-order valence-electron chi connectivity index (χ2n) is 6.08. The van der Waals surface area contributed by atoms with Crippen molar-refractivity contribution >= 4 is 17.3 Å². The molecule has 1 aromatic carbocycles. The lowest BCUT2D eigenvalue weighted by atomic mass is 10.2. The number of nitrogens with one attached hydrogen (secondary N) is 2. The van der Waals surface area contributed by atoms with Crippen LogP contribution in [0.25, 0.3) is 0 Å². The number of carbonyl (C=O) groups is 1. The van der Waals surface area contributed by atoms with E-state index in [4.69, 9.17) is 14.2 Å². The van der Waals surface area contributed by atoms with Crippen LogP contribution in [0, 0.1) is 5.92 Å². The van der Waals surface area contributed by atoms with Crippen molar-refractivity contribution < 1.29 is 19.0 Å². The van der Waals surface area contributed by atoms with Crippen LogP contribution in [0.4, 0.5) is 11.4 Å². The number of hydrogen-bond acceptors (Lipinski definition) is 6. The molecule has 0 fully saturated rings. The Balaban J connectivity index is 2.14. The van der Waals surface area contributed by atoms with Crippen LogP contribution in [0.5, 0.6) is 17.2 Å². The quantitative estimate of drug-likeness (QED) is 0.751. The standard InChI is InChI=1S/C19H25N3O4/c1-12(2)10-20-13-6-7-15(21-11-13)19(23)22-14-8-16(24-3)18(26-5)17(9-14)25-4/h6-9,11-12,20H,10H2,1-5H3,(H,22,23). The largest absolute Gasteiger partial charge is 0.493 e. The Bertz CT molecular complexity index is 720. The first-order chi connectivity index (χ1) is 12.5. The van der Waals surface area contributed by atoms with Crippen LogP contribution >= 0.6 is 0 Å². The smallest absolute Gasteiger partial charge is 0.274 e. The van der Waals surface area contributed by atoms with E-state index in [1.165, 1.54) is 21.3 Å². The summed E-state index contributed by atoms with van der Waals surface area (Å²) >= 11 is 0. The maximum Gasteiger partial charge on any atom is 0.274 e. The number of pyridine rings is 1. The Morgan fingerprint density at radius 3 is 2.15 bits per heavy atom. The topological polar surface area (TPSA) is 81.7 Å². The van der Waals surface area contributed by atoms with Crippen molar-refractivity contribution in [2.45, 2.75) is 13.8 Å². The molecule has 0 saturated heterocycles. The molecular weight excluding hydrogens is 334 g/mol. The molecule has 0 bridgehead atoms. The lowest BCUT2D eigenvalue weighted by Gasteiger charge is -2.14. The Kier molecular flexibility index (Phi) is 6.66. The molecule has 1 heterocycles. The Morgan fingerprint density at radius 2 is 1.69 bits per heavy atom. The minimum Gasteiger partial charge on any atom is -0.493 e. The third kappa shape index (κ3) is 4.78. The highest BCUT2D eigenvalue weighted by Crippen LogP contribution is 2.39. The number of carbonyl (C=O) groups excluding carboxylic acids is 1. The SMILES string of the molecule is COc1cc(NC(=O)c2ccc(NCC(C)C)cn2)cc(OC)c1OC. The Hall–Kier alpha value is -2.96. The lowest BCUT2D eigenvalue weighted by molar-refractivity contribution is 0.102. The van der Waals surface area contributed by atoms with Crippen molar-refractivity contribution in [3.63, 3.8) is 0 Å². The van der Waals surface area contributed by atoms with Gasteiger partial charge in [-0.1, -0.05) is 13.8 Å². The summed E-state index contributed by atoms with van der Waals surface area (Å²) in [7, 11) is 4.57. The summed E-state index contributed by atoms with van der Waals surface area (Å²) < 4.78 is 15.9. The Labute approximate surface area is 153 Å². The first kappa shape index (κ1) is 19.4. The van der Waals surface area contributed by atoms with Gasteiger partial charge in [0.25, 0.3) is 5.91 Å². The van der Waals surface area contributed by atoms with Crippen LogP contribution in [-0.4, -0.2) is 38.8 Å². The van der Waals surface area contributed by atoms with Gasteiger partial charge in [-0.25, -0.2) is 4.98 Å². The molecule has 140 valence electrons. The molecule has 1 amide bonds. The fourth-order valence-corrected chi connectivity index (χ4v) is 2.30. The van der Waals surface area contributed by atoms with E-state index in [0.717, 1.165) is 12.2 Å². The van der Waals surface area contributed by atoms with Gasteiger partial charge in [0, 0.05) is 24.4 Å². The first-order valence-electron chi connectivity index (χ1n) is 8.29. The van der Waals surface area contributed by atoms with Crippen molar-refractivity contribution in [1.29, 1.82) is 0 Å². The van der Waals surface area contributed by atoms with Gasteiger partial charge in [0.1, 0.15) is 5.69 Å². The minimum absolute atomic E-state index is 0.314. The number of nitrogens with zero attached hydrogens (tertiary/aromatic N) is 1. The van der Waals surface area contributed by atoms with Gasteiger partial charge >= 0.3 is 0 Å². The maximum atomic E-state index is 12.4. The lowest BCUT2D eigenvalue weighted by Crippen LogP contribution is -2.14. The van der Waals surface area contributed by atoms with Gasteiger partial charge in [0.2, 0.25) is 5.75 Å². The van der Waals surface area contributed by atoms with Crippen molar-refractivity contribution in [2.75, 3.05) is 38.5 Å². The summed E-state index contributed by atoms with van der Waals surface area (Å²) in [5.74, 6) is 1.59. The molecule has 2 rings (SSSR count). The van der Waals surface area contributed by atoms with Crippen molar-refractivity contribution in [1.82, 2.24) is 4.98 Å². The highest BCUT2D eigenvalue weighted by atomic mass is 16.5. The molecule has 2 aromatic rings. The van der Waals surface area contributed by atoms with Crippen LogP contribution in [0.2, 0.25) is 0 Å². The average Bonchev–Trinajstić information content (AvgIpc) is 2.65. The van der Waals surface area contributed by atoms with Crippen molar-refractivity contribution in [2.24, 2.45) is 5.92 Å². The Morgan fingerprint density at radius 1 is 1.04 bits per heavy atom. The van der Waals surface area contributed by atoms with E-state index in [0.29, 0.717) is 34.5 Å². The zero-order valence-electron chi connectivity index (χ0n) is 15.8. The molecule has 0 aliphatic heterocycles. The van der Waals surface area contributed by atoms with E-state index in [2.05, 4.69) is 29.5 Å². The molecule has 0 radical (unpaired) electrons. The molecule has 26 heavy (non-hydrogen) atoms. The summed E-state index contributed by atoms with van der Waals surface area (Å²) in [5.41, 5.74) is 1.71. The van der Waals surface area contributed by atoms with E-state index in [-0.39, 0.29) is 5.91 Å². The van der Waals surface area contributed by atoms with Crippen LogP contribution in [-0.2, 0) is 0 Å². The van der Waals surface area contributed by atoms with Gasteiger partial charge < -0.3 is 24.8 Å². The van der Waals surface area contributed by atoms with Gasteiger partial charge in [-0.2, -0.15) is 0 Å². The third-order valence-corrected chi connectivity index (χ3v) is 3.63. The van der Waals surface area contributed by atoms with E-state index in [1.54, 1.807) is 24.4 Å².